The molecule has 31 heavy (non-hydrogen) atoms. The number of non-ortho nitro benzene ring substituents is 1. The molecule has 4 rings (SSSR count). The topological polar surface area (TPSA) is 111 Å². The number of hydrogen-bond acceptors (Lipinski definition) is 7. The fourth-order valence-corrected chi connectivity index (χ4v) is 3.37. The number of amides is 1. The Morgan fingerprint density at radius 3 is 2.19 bits per heavy atom. The highest BCUT2D eigenvalue weighted by Gasteiger charge is 2.11. The number of carbonyl (C=O) groups is 1. The minimum atomic E-state index is -0.433. The Bertz CT molecular complexity index is 1190. The smallest absolute Gasteiger partial charge is 0.277 e. The van der Waals surface area contributed by atoms with Crippen LogP contribution in [0.1, 0.15) is 0 Å². The number of carbonyl (C=O) groups excluding carboxylic acids is 1. The van der Waals surface area contributed by atoms with E-state index in [-0.39, 0.29) is 17.3 Å². The van der Waals surface area contributed by atoms with Crippen LogP contribution in [-0.2, 0) is 4.79 Å². The van der Waals surface area contributed by atoms with E-state index in [9.17, 15) is 14.9 Å². The average Bonchev–Trinajstić information content (AvgIpc) is 3.28. The molecule has 3 aromatic carbocycles. The maximum absolute atomic E-state index is 12.2. The van der Waals surface area contributed by atoms with Crippen LogP contribution in [0, 0.1) is 10.1 Å². The fraction of sp³-hybridized carbons (Fsp3) is 0.0455. The zero-order chi connectivity index (χ0) is 21.6. The van der Waals surface area contributed by atoms with E-state index in [2.05, 4.69) is 15.5 Å². The molecule has 1 N–H and O–H groups in total. The lowest BCUT2D eigenvalue weighted by atomic mass is 10.1. The Kier molecular flexibility index (Phi) is 6.04. The van der Waals surface area contributed by atoms with Gasteiger partial charge in [0.05, 0.1) is 10.7 Å². The van der Waals surface area contributed by atoms with Gasteiger partial charge in [-0.2, -0.15) is 0 Å². The van der Waals surface area contributed by atoms with Gasteiger partial charge in [-0.1, -0.05) is 42.1 Å². The zero-order valence-corrected chi connectivity index (χ0v) is 16.9. The number of nitro benzene ring substituents is 1. The molecule has 0 unspecified atom stereocenters. The maximum Gasteiger partial charge on any atom is 0.277 e. The third-order valence-electron chi connectivity index (χ3n) is 4.33. The van der Waals surface area contributed by atoms with Crippen LogP contribution in [0.3, 0.4) is 0 Å². The SMILES string of the molecule is O=C(CSc1nnc(-c2ccccc2)o1)Nc1ccc(-c2ccc([N+](=O)[O-])cc2)cc1. The average molecular weight is 432 g/mol. The number of nitro groups is 1. The lowest BCUT2D eigenvalue weighted by Crippen LogP contribution is -2.13. The molecule has 0 atom stereocenters. The van der Waals surface area contributed by atoms with Crippen molar-refractivity contribution in [2.24, 2.45) is 0 Å². The standard InChI is InChI=1S/C22H16N4O4S/c27-20(14-31-22-25-24-21(30-22)17-4-2-1-3-5-17)23-18-10-6-15(7-11-18)16-8-12-19(13-9-16)26(28)29/h1-13H,14H2,(H,23,27). The Morgan fingerprint density at radius 1 is 0.903 bits per heavy atom. The maximum atomic E-state index is 12.2. The summed E-state index contributed by atoms with van der Waals surface area (Å²) >= 11 is 1.16. The predicted molar refractivity (Wildman–Crippen MR) is 118 cm³/mol. The van der Waals surface area contributed by atoms with Gasteiger partial charge >= 0.3 is 0 Å². The Hall–Kier alpha value is -3.98. The van der Waals surface area contributed by atoms with Gasteiger partial charge in [-0.3, -0.25) is 14.9 Å². The second-order valence-corrected chi connectivity index (χ2v) is 7.38. The molecular formula is C22H16N4O4S. The quantitative estimate of drug-likeness (QED) is 0.247. The second kappa shape index (κ2) is 9.23. The summed E-state index contributed by atoms with van der Waals surface area (Å²) in [5.41, 5.74) is 3.25. The van der Waals surface area contributed by atoms with Gasteiger partial charge in [-0.05, 0) is 47.5 Å². The van der Waals surface area contributed by atoms with Gasteiger partial charge in [-0.15, -0.1) is 10.2 Å². The molecule has 9 heteroatoms. The monoisotopic (exact) mass is 432 g/mol. The molecule has 0 bridgehead atoms. The van der Waals surface area contributed by atoms with Gasteiger partial charge in [0.2, 0.25) is 11.8 Å². The first-order valence-corrected chi connectivity index (χ1v) is 10.2. The number of anilines is 1. The van der Waals surface area contributed by atoms with Crippen LogP contribution in [-0.4, -0.2) is 26.8 Å². The molecule has 0 fully saturated rings. The van der Waals surface area contributed by atoms with Gasteiger partial charge < -0.3 is 9.73 Å². The summed E-state index contributed by atoms with van der Waals surface area (Å²) in [6, 6.07) is 22.9. The summed E-state index contributed by atoms with van der Waals surface area (Å²) in [6.07, 6.45) is 0. The molecule has 154 valence electrons. The normalized spacial score (nSPS) is 10.6. The summed E-state index contributed by atoms with van der Waals surface area (Å²) in [7, 11) is 0. The van der Waals surface area contributed by atoms with E-state index < -0.39 is 4.92 Å². The Balaban J connectivity index is 1.32. The van der Waals surface area contributed by atoms with Crippen molar-refractivity contribution in [3.63, 3.8) is 0 Å². The second-order valence-electron chi connectivity index (χ2n) is 6.46. The van der Waals surface area contributed by atoms with Crippen LogP contribution in [0.4, 0.5) is 11.4 Å². The highest BCUT2D eigenvalue weighted by atomic mass is 32.2. The van der Waals surface area contributed by atoms with Gasteiger partial charge in [-0.25, -0.2) is 0 Å². The molecule has 0 radical (unpaired) electrons. The van der Waals surface area contributed by atoms with Crippen molar-refractivity contribution in [1.82, 2.24) is 10.2 Å². The minimum absolute atomic E-state index is 0.0438. The molecule has 1 aromatic heterocycles. The van der Waals surface area contributed by atoms with E-state index in [0.29, 0.717) is 16.8 Å². The summed E-state index contributed by atoms with van der Waals surface area (Å²) in [4.78, 5) is 22.6. The summed E-state index contributed by atoms with van der Waals surface area (Å²) in [5.74, 6) is 0.332. The zero-order valence-electron chi connectivity index (χ0n) is 16.1. The van der Waals surface area contributed by atoms with Crippen molar-refractivity contribution in [2.45, 2.75) is 5.22 Å². The Morgan fingerprint density at radius 2 is 1.55 bits per heavy atom. The molecule has 1 amide bonds. The van der Waals surface area contributed by atoms with Crippen molar-refractivity contribution in [2.75, 3.05) is 11.1 Å². The van der Waals surface area contributed by atoms with Crippen LogP contribution in [0.25, 0.3) is 22.6 Å². The van der Waals surface area contributed by atoms with Crippen LogP contribution >= 0.6 is 11.8 Å². The van der Waals surface area contributed by atoms with Gasteiger partial charge in [0.15, 0.2) is 0 Å². The Labute approximate surface area is 181 Å². The highest BCUT2D eigenvalue weighted by Crippen LogP contribution is 2.25. The molecular weight excluding hydrogens is 416 g/mol. The number of nitrogens with zero attached hydrogens (tertiary/aromatic N) is 3. The van der Waals surface area contributed by atoms with Gasteiger partial charge in [0, 0.05) is 23.4 Å². The predicted octanol–water partition coefficient (Wildman–Crippen LogP) is 5.04. The van der Waals surface area contributed by atoms with Crippen LogP contribution in [0.5, 0.6) is 0 Å². The van der Waals surface area contributed by atoms with Crippen molar-refractivity contribution >= 4 is 29.0 Å². The van der Waals surface area contributed by atoms with E-state index in [0.717, 1.165) is 28.5 Å². The summed E-state index contributed by atoms with van der Waals surface area (Å²) in [5, 5.41) is 21.8. The number of benzene rings is 3. The van der Waals surface area contributed by atoms with E-state index in [1.165, 1.54) is 12.1 Å². The van der Waals surface area contributed by atoms with Crippen molar-refractivity contribution in [1.29, 1.82) is 0 Å². The number of rotatable bonds is 7. The summed E-state index contributed by atoms with van der Waals surface area (Å²) in [6.45, 7) is 0. The van der Waals surface area contributed by atoms with Crippen molar-refractivity contribution < 1.29 is 14.1 Å². The molecule has 1 heterocycles. The molecule has 8 nitrogen and oxygen atoms in total. The molecule has 4 aromatic rings. The van der Waals surface area contributed by atoms with E-state index in [4.69, 9.17) is 4.42 Å². The van der Waals surface area contributed by atoms with E-state index >= 15 is 0 Å². The van der Waals surface area contributed by atoms with Crippen molar-refractivity contribution in [3.8, 4) is 22.6 Å². The first kappa shape index (κ1) is 20.3. The highest BCUT2D eigenvalue weighted by molar-refractivity contribution is 7.99. The number of thioether (sulfide) groups is 1. The first-order valence-electron chi connectivity index (χ1n) is 9.25. The molecule has 0 aliphatic heterocycles. The number of hydrogen-bond donors (Lipinski definition) is 1. The molecule has 0 spiro atoms. The minimum Gasteiger partial charge on any atom is -0.411 e. The lowest BCUT2D eigenvalue weighted by Gasteiger charge is -2.06. The largest absolute Gasteiger partial charge is 0.411 e. The van der Waals surface area contributed by atoms with Crippen LogP contribution in [0.15, 0.2) is 88.5 Å². The lowest BCUT2D eigenvalue weighted by molar-refractivity contribution is -0.384. The van der Waals surface area contributed by atoms with E-state index in [1.54, 1.807) is 24.3 Å². The molecule has 0 aliphatic rings. The summed E-state index contributed by atoms with van der Waals surface area (Å²) < 4.78 is 5.58. The third kappa shape index (κ3) is 5.14. The van der Waals surface area contributed by atoms with E-state index in [1.807, 2.05) is 42.5 Å². The number of nitrogens with one attached hydrogen (secondary N) is 1. The van der Waals surface area contributed by atoms with Crippen LogP contribution in [0.2, 0.25) is 0 Å². The van der Waals surface area contributed by atoms with Crippen LogP contribution < -0.4 is 5.32 Å². The molecule has 0 saturated heterocycles. The molecule has 0 saturated carbocycles. The third-order valence-corrected chi connectivity index (χ3v) is 5.15. The van der Waals surface area contributed by atoms with Gasteiger partial charge in [0.25, 0.3) is 10.9 Å². The van der Waals surface area contributed by atoms with Crippen molar-refractivity contribution in [3.05, 3.63) is 89.0 Å². The fourth-order valence-electron chi connectivity index (χ4n) is 2.81. The molecule has 0 aliphatic carbocycles. The first-order chi connectivity index (χ1) is 15.1. The number of aromatic nitrogens is 2. The van der Waals surface area contributed by atoms with Gasteiger partial charge in [0.1, 0.15) is 0 Å².